The van der Waals surface area contributed by atoms with E-state index in [-0.39, 0.29) is 17.0 Å². The van der Waals surface area contributed by atoms with Crippen LogP contribution in [0.25, 0.3) is 0 Å². The SMILES string of the molecule is CC(Cl)C(=O)Nc1ccc(C(=O)O)cc1O. The van der Waals surface area contributed by atoms with Gasteiger partial charge in [-0.25, -0.2) is 4.79 Å². The fraction of sp³-hybridized carbons (Fsp3) is 0.200. The number of phenolic OH excluding ortho intramolecular Hbond substituents is 1. The zero-order valence-corrected chi connectivity index (χ0v) is 9.15. The largest absolute Gasteiger partial charge is 0.506 e. The van der Waals surface area contributed by atoms with Gasteiger partial charge in [0.05, 0.1) is 11.3 Å². The summed E-state index contributed by atoms with van der Waals surface area (Å²) in [5.74, 6) is -1.94. The summed E-state index contributed by atoms with van der Waals surface area (Å²) in [6, 6.07) is 3.63. The number of rotatable bonds is 3. The maximum absolute atomic E-state index is 11.2. The van der Waals surface area contributed by atoms with E-state index in [0.717, 1.165) is 6.07 Å². The van der Waals surface area contributed by atoms with Crippen molar-refractivity contribution in [3.8, 4) is 5.75 Å². The summed E-state index contributed by atoms with van der Waals surface area (Å²) in [5, 5.41) is 19.7. The first-order chi connectivity index (χ1) is 7.41. The molecule has 6 heteroatoms. The Morgan fingerprint density at radius 1 is 1.44 bits per heavy atom. The van der Waals surface area contributed by atoms with Crippen molar-refractivity contribution < 1.29 is 19.8 Å². The number of hydrogen-bond donors (Lipinski definition) is 3. The molecule has 0 saturated heterocycles. The number of carbonyl (C=O) groups is 2. The first-order valence-corrected chi connectivity index (χ1v) is 4.86. The zero-order valence-electron chi connectivity index (χ0n) is 8.40. The smallest absolute Gasteiger partial charge is 0.335 e. The summed E-state index contributed by atoms with van der Waals surface area (Å²) in [5.41, 5.74) is 0.0666. The molecule has 1 atom stereocenters. The van der Waals surface area contributed by atoms with Gasteiger partial charge in [0.2, 0.25) is 5.91 Å². The van der Waals surface area contributed by atoms with Crippen LogP contribution in [0.4, 0.5) is 5.69 Å². The van der Waals surface area contributed by atoms with Gasteiger partial charge in [0.25, 0.3) is 0 Å². The van der Waals surface area contributed by atoms with Crippen molar-refractivity contribution in [1.82, 2.24) is 0 Å². The van der Waals surface area contributed by atoms with Gasteiger partial charge in [-0.2, -0.15) is 0 Å². The molecule has 3 N–H and O–H groups in total. The molecule has 0 bridgehead atoms. The topological polar surface area (TPSA) is 86.6 Å². The number of aromatic carboxylic acids is 1. The molecule has 0 spiro atoms. The van der Waals surface area contributed by atoms with Crippen molar-refractivity contribution >= 4 is 29.2 Å². The monoisotopic (exact) mass is 243 g/mol. The molecule has 0 fully saturated rings. The molecule has 1 unspecified atom stereocenters. The van der Waals surface area contributed by atoms with Crippen molar-refractivity contribution in [2.24, 2.45) is 0 Å². The fourth-order valence-corrected chi connectivity index (χ4v) is 1.06. The van der Waals surface area contributed by atoms with Crippen LogP contribution in [0.15, 0.2) is 18.2 Å². The Morgan fingerprint density at radius 3 is 2.50 bits per heavy atom. The maximum atomic E-state index is 11.2. The predicted octanol–water partition coefficient (Wildman–Crippen LogP) is 1.66. The van der Waals surface area contributed by atoms with E-state index < -0.39 is 17.3 Å². The van der Waals surface area contributed by atoms with E-state index in [4.69, 9.17) is 16.7 Å². The molecule has 1 aromatic carbocycles. The number of phenols is 1. The minimum absolute atomic E-state index is 0.0607. The molecule has 0 aromatic heterocycles. The number of carboxylic acids is 1. The Hall–Kier alpha value is -1.75. The standard InChI is InChI=1S/C10H10ClNO4/c1-5(11)9(14)12-7-3-2-6(10(15)16)4-8(7)13/h2-5,13H,1H3,(H,12,14)(H,15,16). The van der Waals surface area contributed by atoms with Crippen LogP contribution >= 0.6 is 11.6 Å². The van der Waals surface area contributed by atoms with Crippen molar-refractivity contribution in [3.63, 3.8) is 0 Å². The molecule has 1 aromatic rings. The molecule has 0 aliphatic rings. The first kappa shape index (κ1) is 12.3. The molecular weight excluding hydrogens is 234 g/mol. The molecule has 0 aliphatic carbocycles. The quantitative estimate of drug-likeness (QED) is 0.557. The number of carbonyl (C=O) groups excluding carboxylic acids is 1. The van der Waals surface area contributed by atoms with Crippen LogP contribution in [0, 0.1) is 0 Å². The Morgan fingerprint density at radius 2 is 2.06 bits per heavy atom. The highest BCUT2D eigenvalue weighted by atomic mass is 35.5. The lowest BCUT2D eigenvalue weighted by molar-refractivity contribution is -0.115. The molecule has 5 nitrogen and oxygen atoms in total. The number of anilines is 1. The van der Waals surface area contributed by atoms with Crippen LogP contribution in [0.3, 0.4) is 0 Å². The molecule has 0 heterocycles. The van der Waals surface area contributed by atoms with Crippen LogP contribution in [-0.4, -0.2) is 27.5 Å². The second-order valence-corrected chi connectivity index (χ2v) is 3.80. The van der Waals surface area contributed by atoms with E-state index >= 15 is 0 Å². The lowest BCUT2D eigenvalue weighted by Crippen LogP contribution is -2.20. The van der Waals surface area contributed by atoms with E-state index in [1.807, 2.05) is 0 Å². The lowest BCUT2D eigenvalue weighted by atomic mass is 10.2. The number of hydrogen-bond acceptors (Lipinski definition) is 3. The number of aromatic hydroxyl groups is 1. The van der Waals surface area contributed by atoms with Crippen LogP contribution in [0.1, 0.15) is 17.3 Å². The number of halogens is 1. The highest BCUT2D eigenvalue weighted by molar-refractivity contribution is 6.32. The number of alkyl halides is 1. The number of carboxylic acid groups (broad SMARTS) is 1. The fourth-order valence-electron chi connectivity index (χ4n) is 1.00. The summed E-state index contributed by atoms with van der Waals surface area (Å²) < 4.78 is 0. The Balaban J connectivity index is 2.91. The summed E-state index contributed by atoms with van der Waals surface area (Å²) in [6.45, 7) is 1.49. The molecule has 86 valence electrons. The number of amides is 1. The average Bonchev–Trinajstić information content (AvgIpc) is 2.20. The summed E-state index contributed by atoms with van der Waals surface area (Å²) >= 11 is 5.52. The highest BCUT2D eigenvalue weighted by Crippen LogP contribution is 2.24. The van der Waals surface area contributed by atoms with Crippen LogP contribution in [0.2, 0.25) is 0 Å². The number of benzene rings is 1. The van der Waals surface area contributed by atoms with E-state index in [1.54, 1.807) is 0 Å². The Labute approximate surface area is 96.7 Å². The van der Waals surface area contributed by atoms with Gasteiger partial charge in [0, 0.05) is 0 Å². The number of nitrogens with one attached hydrogen (secondary N) is 1. The molecule has 0 saturated carbocycles. The van der Waals surface area contributed by atoms with E-state index in [9.17, 15) is 14.7 Å². The summed E-state index contributed by atoms with van der Waals surface area (Å²) in [6.07, 6.45) is 0. The van der Waals surface area contributed by atoms with Gasteiger partial charge in [-0.15, -0.1) is 11.6 Å². The average molecular weight is 244 g/mol. The molecule has 1 rings (SSSR count). The van der Waals surface area contributed by atoms with E-state index in [1.165, 1.54) is 19.1 Å². The molecule has 16 heavy (non-hydrogen) atoms. The van der Waals surface area contributed by atoms with Crippen molar-refractivity contribution in [2.45, 2.75) is 12.3 Å². The second-order valence-electron chi connectivity index (χ2n) is 3.14. The molecule has 0 aliphatic heterocycles. The summed E-state index contributed by atoms with van der Waals surface area (Å²) in [4.78, 5) is 21.8. The van der Waals surface area contributed by atoms with E-state index in [2.05, 4.69) is 5.32 Å². The van der Waals surface area contributed by atoms with Gasteiger partial charge in [-0.3, -0.25) is 4.79 Å². The molecule has 0 radical (unpaired) electrons. The minimum atomic E-state index is -1.15. The van der Waals surface area contributed by atoms with Crippen molar-refractivity contribution in [2.75, 3.05) is 5.32 Å². The van der Waals surface area contributed by atoms with Gasteiger partial charge < -0.3 is 15.5 Å². The third-order valence-electron chi connectivity index (χ3n) is 1.86. The molecule has 1 amide bonds. The van der Waals surface area contributed by atoms with E-state index in [0.29, 0.717) is 0 Å². The highest BCUT2D eigenvalue weighted by Gasteiger charge is 2.13. The first-order valence-electron chi connectivity index (χ1n) is 4.43. The van der Waals surface area contributed by atoms with Gasteiger partial charge in [0.1, 0.15) is 11.1 Å². The third kappa shape index (κ3) is 2.87. The van der Waals surface area contributed by atoms with Gasteiger partial charge in [-0.05, 0) is 25.1 Å². The van der Waals surface area contributed by atoms with Crippen molar-refractivity contribution in [1.29, 1.82) is 0 Å². The normalized spacial score (nSPS) is 11.9. The molecular formula is C10H10ClNO4. The van der Waals surface area contributed by atoms with Crippen LogP contribution in [-0.2, 0) is 4.79 Å². The zero-order chi connectivity index (χ0) is 12.3. The second kappa shape index (κ2) is 4.85. The maximum Gasteiger partial charge on any atom is 0.335 e. The minimum Gasteiger partial charge on any atom is -0.506 e. The van der Waals surface area contributed by atoms with Crippen LogP contribution in [0.5, 0.6) is 5.75 Å². The van der Waals surface area contributed by atoms with Gasteiger partial charge >= 0.3 is 5.97 Å². The van der Waals surface area contributed by atoms with Crippen molar-refractivity contribution in [3.05, 3.63) is 23.8 Å². The summed E-state index contributed by atoms with van der Waals surface area (Å²) in [7, 11) is 0. The Bertz CT molecular complexity index is 431. The Kier molecular flexibility index (Phi) is 3.73. The lowest BCUT2D eigenvalue weighted by Gasteiger charge is -2.08. The van der Waals surface area contributed by atoms with Crippen LogP contribution < -0.4 is 5.32 Å². The third-order valence-corrected chi connectivity index (χ3v) is 2.06. The predicted molar refractivity (Wildman–Crippen MR) is 59.0 cm³/mol. The van der Waals surface area contributed by atoms with Gasteiger partial charge in [0.15, 0.2) is 0 Å². The van der Waals surface area contributed by atoms with Gasteiger partial charge in [-0.1, -0.05) is 0 Å².